The fourth-order valence-corrected chi connectivity index (χ4v) is 3.21. The second-order valence-electron chi connectivity index (χ2n) is 5.44. The van der Waals surface area contributed by atoms with Gasteiger partial charge < -0.3 is 14.8 Å². The molecule has 6 nitrogen and oxygen atoms in total. The van der Waals surface area contributed by atoms with E-state index in [1.165, 1.54) is 0 Å². The molecule has 0 aliphatic heterocycles. The molecule has 1 amide bonds. The Balaban J connectivity index is 1.99. The van der Waals surface area contributed by atoms with Gasteiger partial charge in [0.2, 0.25) is 5.88 Å². The van der Waals surface area contributed by atoms with E-state index in [2.05, 4.69) is 15.0 Å². The van der Waals surface area contributed by atoms with Gasteiger partial charge in [0.15, 0.2) is 0 Å². The number of anilines is 1. The largest absolute Gasteiger partial charge is 0.481 e. The highest BCUT2D eigenvalue weighted by Gasteiger charge is 2.12. The molecule has 0 aliphatic carbocycles. The molecule has 1 aromatic carbocycles. The summed E-state index contributed by atoms with van der Waals surface area (Å²) in [6.07, 6.45) is 3.51. The third kappa shape index (κ3) is 5.86. The van der Waals surface area contributed by atoms with Crippen molar-refractivity contribution in [2.24, 2.45) is 0 Å². The minimum Gasteiger partial charge on any atom is -0.481 e. The number of para-hydroxylation sites is 1. The van der Waals surface area contributed by atoms with E-state index in [1.54, 1.807) is 37.6 Å². The van der Waals surface area contributed by atoms with E-state index in [0.717, 1.165) is 18.4 Å². The highest BCUT2D eigenvalue weighted by atomic mass is 32.2. The number of hydrogen-bond acceptors (Lipinski definition) is 4. The van der Waals surface area contributed by atoms with Crippen LogP contribution in [0.5, 0.6) is 5.88 Å². The van der Waals surface area contributed by atoms with Gasteiger partial charge in [-0.3, -0.25) is 4.79 Å². The van der Waals surface area contributed by atoms with Gasteiger partial charge in [0.25, 0.3) is 5.91 Å². The molecule has 0 saturated heterocycles. The number of amides is 1. The molecule has 2 aromatic rings. The number of methoxy groups -OCH3 is 1. The standard InChI is InChI=1S/C18H23N3O3S/c1-3-4-11-25(23)21-16-8-6-5-7-15(16)18(22)20-13-14-9-10-17(24-2)19-12-14/h5-10,12,21H,3-4,11,13H2,1-2H3,(H,20,22). The molecule has 0 bridgehead atoms. The Hall–Kier alpha value is -2.41. The van der Waals surface area contributed by atoms with Gasteiger partial charge in [-0.15, -0.1) is 0 Å². The Morgan fingerprint density at radius 1 is 1.24 bits per heavy atom. The first kappa shape index (κ1) is 18.9. The van der Waals surface area contributed by atoms with Crippen LogP contribution in [-0.2, 0) is 17.5 Å². The summed E-state index contributed by atoms with van der Waals surface area (Å²) in [5.74, 6) is 0.856. The van der Waals surface area contributed by atoms with E-state index in [4.69, 9.17) is 4.74 Å². The number of aromatic nitrogens is 1. The van der Waals surface area contributed by atoms with Crippen LogP contribution >= 0.6 is 0 Å². The smallest absolute Gasteiger partial charge is 0.253 e. The van der Waals surface area contributed by atoms with E-state index in [1.807, 2.05) is 19.1 Å². The first-order valence-electron chi connectivity index (χ1n) is 8.15. The lowest BCUT2D eigenvalue weighted by molar-refractivity contribution is 0.0952. The molecule has 1 atom stereocenters. The number of ether oxygens (including phenoxy) is 1. The molecule has 25 heavy (non-hydrogen) atoms. The third-order valence-corrected chi connectivity index (χ3v) is 4.65. The van der Waals surface area contributed by atoms with Crippen LogP contribution in [0.2, 0.25) is 0 Å². The Morgan fingerprint density at radius 2 is 2.04 bits per heavy atom. The predicted molar refractivity (Wildman–Crippen MR) is 99.9 cm³/mol. The highest BCUT2D eigenvalue weighted by Crippen LogP contribution is 2.16. The van der Waals surface area contributed by atoms with Crippen molar-refractivity contribution in [1.82, 2.24) is 10.3 Å². The van der Waals surface area contributed by atoms with E-state index in [-0.39, 0.29) is 5.91 Å². The molecule has 0 radical (unpaired) electrons. The molecule has 2 N–H and O–H groups in total. The average molecular weight is 361 g/mol. The Kier molecular flexibility index (Phi) is 7.40. The van der Waals surface area contributed by atoms with Gasteiger partial charge in [-0.25, -0.2) is 9.19 Å². The van der Waals surface area contributed by atoms with Crippen molar-refractivity contribution in [3.63, 3.8) is 0 Å². The van der Waals surface area contributed by atoms with Crippen LogP contribution in [0.15, 0.2) is 42.6 Å². The SMILES string of the molecule is CCCCS(=O)Nc1ccccc1C(=O)NCc1ccc(OC)nc1. The predicted octanol–water partition coefficient (Wildman–Crippen LogP) is 2.90. The van der Waals surface area contributed by atoms with Gasteiger partial charge in [0, 0.05) is 24.6 Å². The number of unbranched alkanes of at least 4 members (excludes halogenated alkanes) is 1. The number of pyridine rings is 1. The topological polar surface area (TPSA) is 80.3 Å². The molecule has 0 aliphatic rings. The summed E-state index contributed by atoms with van der Waals surface area (Å²) in [5, 5.41) is 2.85. The van der Waals surface area contributed by atoms with Crippen molar-refractivity contribution in [2.75, 3.05) is 17.6 Å². The van der Waals surface area contributed by atoms with Gasteiger partial charge in [-0.2, -0.15) is 0 Å². The highest BCUT2D eigenvalue weighted by molar-refractivity contribution is 7.86. The zero-order chi connectivity index (χ0) is 18.1. The second kappa shape index (κ2) is 9.78. The van der Waals surface area contributed by atoms with E-state index in [9.17, 15) is 9.00 Å². The van der Waals surface area contributed by atoms with Gasteiger partial charge in [-0.1, -0.05) is 31.5 Å². The van der Waals surface area contributed by atoms with Crippen LogP contribution in [0.4, 0.5) is 5.69 Å². The van der Waals surface area contributed by atoms with E-state index in [0.29, 0.717) is 29.4 Å². The number of benzene rings is 1. The monoisotopic (exact) mass is 361 g/mol. The maximum Gasteiger partial charge on any atom is 0.253 e. The minimum atomic E-state index is -1.20. The number of carbonyl (C=O) groups excluding carboxylic acids is 1. The molecule has 7 heteroatoms. The summed E-state index contributed by atoms with van der Waals surface area (Å²) in [7, 11) is 0.358. The van der Waals surface area contributed by atoms with Gasteiger partial charge >= 0.3 is 0 Å². The number of hydrogen-bond donors (Lipinski definition) is 2. The lowest BCUT2D eigenvalue weighted by Gasteiger charge is -2.12. The zero-order valence-corrected chi connectivity index (χ0v) is 15.3. The van der Waals surface area contributed by atoms with Crippen LogP contribution in [0, 0.1) is 0 Å². The maximum atomic E-state index is 12.5. The molecule has 0 saturated carbocycles. The van der Waals surface area contributed by atoms with E-state index >= 15 is 0 Å². The van der Waals surface area contributed by atoms with Gasteiger partial charge in [0.1, 0.15) is 11.0 Å². The first-order chi connectivity index (χ1) is 12.1. The van der Waals surface area contributed by atoms with Crippen LogP contribution in [0.1, 0.15) is 35.7 Å². The second-order valence-corrected chi connectivity index (χ2v) is 6.75. The van der Waals surface area contributed by atoms with Crippen LogP contribution in [-0.4, -0.2) is 28.0 Å². The van der Waals surface area contributed by atoms with Crippen molar-refractivity contribution < 1.29 is 13.7 Å². The normalized spacial score (nSPS) is 11.6. The molecule has 1 aromatic heterocycles. The molecule has 1 unspecified atom stereocenters. The summed E-state index contributed by atoms with van der Waals surface area (Å²) in [6.45, 7) is 2.40. The Morgan fingerprint density at radius 3 is 2.72 bits per heavy atom. The summed E-state index contributed by atoms with van der Waals surface area (Å²) in [6, 6.07) is 10.6. The fraction of sp³-hybridized carbons (Fsp3) is 0.333. The summed E-state index contributed by atoms with van der Waals surface area (Å²) < 4.78 is 20.0. The molecule has 0 spiro atoms. The molecular formula is C18H23N3O3S. The Bertz CT molecular complexity index is 720. The lowest BCUT2D eigenvalue weighted by atomic mass is 10.1. The molecule has 1 heterocycles. The molecule has 0 fully saturated rings. The Labute approximate surface area is 150 Å². The number of carbonyl (C=O) groups is 1. The van der Waals surface area contributed by atoms with Crippen molar-refractivity contribution in [3.8, 4) is 5.88 Å². The number of nitrogens with one attached hydrogen (secondary N) is 2. The maximum absolute atomic E-state index is 12.5. The number of nitrogens with zero attached hydrogens (tertiary/aromatic N) is 1. The fourth-order valence-electron chi connectivity index (χ4n) is 2.13. The quantitative estimate of drug-likeness (QED) is 0.720. The molecule has 134 valence electrons. The molecular weight excluding hydrogens is 338 g/mol. The average Bonchev–Trinajstić information content (AvgIpc) is 2.65. The van der Waals surface area contributed by atoms with Gasteiger partial charge in [-0.05, 0) is 24.1 Å². The van der Waals surface area contributed by atoms with Crippen LogP contribution in [0.25, 0.3) is 0 Å². The summed E-state index contributed by atoms with van der Waals surface area (Å²) in [4.78, 5) is 16.6. The van der Waals surface area contributed by atoms with Crippen molar-refractivity contribution in [1.29, 1.82) is 0 Å². The minimum absolute atomic E-state index is 0.230. The van der Waals surface area contributed by atoms with Crippen molar-refractivity contribution in [2.45, 2.75) is 26.3 Å². The zero-order valence-electron chi connectivity index (χ0n) is 14.5. The summed E-state index contributed by atoms with van der Waals surface area (Å²) >= 11 is 0. The van der Waals surface area contributed by atoms with Crippen molar-refractivity contribution in [3.05, 3.63) is 53.7 Å². The lowest BCUT2D eigenvalue weighted by Crippen LogP contribution is -2.24. The van der Waals surface area contributed by atoms with Crippen molar-refractivity contribution >= 4 is 22.6 Å². The van der Waals surface area contributed by atoms with Crippen LogP contribution < -0.4 is 14.8 Å². The van der Waals surface area contributed by atoms with Crippen LogP contribution in [0.3, 0.4) is 0 Å². The van der Waals surface area contributed by atoms with Gasteiger partial charge in [0.05, 0.1) is 18.4 Å². The number of rotatable bonds is 9. The first-order valence-corrected chi connectivity index (χ1v) is 9.47. The van der Waals surface area contributed by atoms with E-state index < -0.39 is 11.0 Å². The third-order valence-electron chi connectivity index (χ3n) is 3.54. The molecule has 2 rings (SSSR count). The summed E-state index contributed by atoms with van der Waals surface area (Å²) in [5.41, 5.74) is 1.90.